The van der Waals surface area contributed by atoms with Gasteiger partial charge in [-0.15, -0.1) is 0 Å². The van der Waals surface area contributed by atoms with Crippen molar-refractivity contribution in [3.05, 3.63) is 52.3 Å². The molecule has 26 heavy (non-hydrogen) atoms. The van der Waals surface area contributed by atoms with Crippen LogP contribution < -0.4 is 0 Å². The molecule has 0 aliphatic rings. The molecule has 1 aromatic heterocycles. The van der Waals surface area contributed by atoms with Gasteiger partial charge in [0.05, 0.1) is 16.2 Å². The second kappa shape index (κ2) is 7.25. The van der Waals surface area contributed by atoms with Crippen LogP contribution in [-0.4, -0.2) is 43.8 Å². The van der Waals surface area contributed by atoms with E-state index in [-0.39, 0.29) is 21.9 Å². The van der Waals surface area contributed by atoms with E-state index >= 15 is 0 Å². The maximum absolute atomic E-state index is 12.3. The van der Waals surface area contributed by atoms with Crippen molar-refractivity contribution in [3.63, 3.8) is 0 Å². The Labute approximate surface area is 151 Å². The van der Waals surface area contributed by atoms with Gasteiger partial charge in [0.2, 0.25) is 5.78 Å². The van der Waals surface area contributed by atoms with E-state index in [1.807, 2.05) is 0 Å². The number of ether oxygens (including phenoxy) is 1. The molecule has 0 fully saturated rings. The topological polar surface area (TPSA) is 110 Å². The minimum Gasteiger partial charge on any atom is -0.454 e. The molecule has 8 heteroatoms. The third-order valence-corrected chi connectivity index (χ3v) is 5.01. The van der Waals surface area contributed by atoms with E-state index in [0.717, 1.165) is 6.26 Å². The standard InChI is InChI=1S/C18H19NO6S/c1-10-16(12(3)20)11(2)19-17(10)15(21)9-25-18(22)13-6-5-7-14(8-13)26(4,23)24/h5-8,19H,9H2,1-4H3. The lowest BCUT2D eigenvalue weighted by atomic mass is 10.1. The summed E-state index contributed by atoms with van der Waals surface area (Å²) in [4.78, 5) is 38.8. The van der Waals surface area contributed by atoms with E-state index in [0.29, 0.717) is 16.8 Å². The molecule has 138 valence electrons. The Balaban J connectivity index is 2.14. The summed E-state index contributed by atoms with van der Waals surface area (Å²) in [5.41, 5.74) is 1.77. The molecule has 0 radical (unpaired) electrons. The number of Topliss-reactive ketones (excluding diaryl/α,β-unsaturated/α-hetero) is 2. The lowest BCUT2D eigenvalue weighted by Crippen LogP contribution is -2.16. The van der Waals surface area contributed by atoms with Gasteiger partial charge in [-0.25, -0.2) is 13.2 Å². The minimum absolute atomic E-state index is 0.0137. The van der Waals surface area contributed by atoms with Crippen molar-refractivity contribution in [3.8, 4) is 0 Å². The number of benzene rings is 1. The fourth-order valence-corrected chi connectivity index (χ4v) is 3.36. The Morgan fingerprint density at radius 2 is 1.81 bits per heavy atom. The number of hydrogen-bond acceptors (Lipinski definition) is 6. The van der Waals surface area contributed by atoms with E-state index < -0.39 is 28.2 Å². The van der Waals surface area contributed by atoms with Crippen LogP contribution in [0.5, 0.6) is 0 Å². The summed E-state index contributed by atoms with van der Waals surface area (Å²) < 4.78 is 28.1. The summed E-state index contributed by atoms with van der Waals surface area (Å²) in [5, 5.41) is 0. The number of rotatable bonds is 6. The van der Waals surface area contributed by atoms with Crippen molar-refractivity contribution < 1.29 is 27.5 Å². The largest absolute Gasteiger partial charge is 0.454 e. The number of aryl methyl sites for hydroxylation is 1. The zero-order chi connectivity index (χ0) is 19.6. The lowest BCUT2D eigenvalue weighted by Gasteiger charge is -2.06. The van der Waals surface area contributed by atoms with Crippen molar-refractivity contribution >= 4 is 27.4 Å². The number of nitrogens with one attached hydrogen (secondary N) is 1. The highest BCUT2D eigenvalue weighted by Crippen LogP contribution is 2.19. The first-order valence-corrected chi connectivity index (χ1v) is 9.62. The first kappa shape index (κ1) is 19.6. The molecule has 7 nitrogen and oxygen atoms in total. The number of esters is 1. The molecule has 0 saturated carbocycles. The van der Waals surface area contributed by atoms with Crippen LogP contribution in [0.3, 0.4) is 0 Å². The third kappa shape index (κ3) is 4.08. The SMILES string of the molecule is CC(=O)c1c(C)[nH]c(C(=O)COC(=O)c2cccc(S(C)(=O)=O)c2)c1C. The molecular weight excluding hydrogens is 358 g/mol. The van der Waals surface area contributed by atoms with Crippen molar-refractivity contribution in [2.45, 2.75) is 25.7 Å². The van der Waals surface area contributed by atoms with Crippen molar-refractivity contribution in [2.24, 2.45) is 0 Å². The molecule has 0 saturated heterocycles. The predicted molar refractivity (Wildman–Crippen MR) is 94.4 cm³/mol. The summed E-state index contributed by atoms with van der Waals surface area (Å²) in [5.74, 6) is -1.45. The second-order valence-electron chi connectivity index (χ2n) is 5.98. The van der Waals surface area contributed by atoms with Gasteiger partial charge in [0, 0.05) is 17.5 Å². The van der Waals surface area contributed by atoms with E-state index in [1.54, 1.807) is 13.8 Å². The fourth-order valence-electron chi connectivity index (χ4n) is 2.70. The molecule has 0 bridgehead atoms. The van der Waals surface area contributed by atoms with Crippen LogP contribution in [0.15, 0.2) is 29.2 Å². The van der Waals surface area contributed by atoms with Gasteiger partial charge in [0.1, 0.15) is 0 Å². The van der Waals surface area contributed by atoms with Crippen LogP contribution in [0.4, 0.5) is 0 Å². The molecule has 0 spiro atoms. The Morgan fingerprint density at radius 1 is 1.15 bits per heavy atom. The monoisotopic (exact) mass is 377 g/mol. The fraction of sp³-hybridized carbons (Fsp3) is 0.278. The van der Waals surface area contributed by atoms with Gasteiger partial charge in [-0.05, 0) is 44.5 Å². The average molecular weight is 377 g/mol. The third-order valence-electron chi connectivity index (χ3n) is 3.90. The molecule has 1 heterocycles. The number of aromatic amines is 1. The predicted octanol–water partition coefficient (Wildman–Crippen LogP) is 2.28. The van der Waals surface area contributed by atoms with E-state index in [1.165, 1.54) is 31.2 Å². The van der Waals surface area contributed by atoms with Gasteiger partial charge in [0.25, 0.3) is 0 Å². The van der Waals surface area contributed by atoms with Gasteiger partial charge >= 0.3 is 5.97 Å². The Morgan fingerprint density at radius 3 is 2.35 bits per heavy atom. The zero-order valence-electron chi connectivity index (χ0n) is 14.9. The van der Waals surface area contributed by atoms with Crippen LogP contribution >= 0.6 is 0 Å². The van der Waals surface area contributed by atoms with Crippen molar-refractivity contribution in [1.82, 2.24) is 4.98 Å². The van der Waals surface area contributed by atoms with E-state index in [4.69, 9.17) is 4.74 Å². The van der Waals surface area contributed by atoms with Gasteiger partial charge in [-0.1, -0.05) is 6.07 Å². The minimum atomic E-state index is -3.46. The number of sulfone groups is 1. The number of aromatic nitrogens is 1. The van der Waals surface area contributed by atoms with Gasteiger partial charge in [-0.2, -0.15) is 0 Å². The first-order valence-electron chi connectivity index (χ1n) is 7.73. The van der Waals surface area contributed by atoms with Crippen LogP contribution in [0.25, 0.3) is 0 Å². The van der Waals surface area contributed by atoms with Crippen LogP contribution in [0.2, 0.25) is 0 Å². The number of hydrogen-bond donors (Lipinski definition) is 1. The normalized spacial score (nSPS) is 11.2. The number of carbonyl (C=O) groups excluding carboxylic acids is 3. The van der Waals surface area contributed by atoms with Crippen molar-refractivity contribution in [1.29, 1.82) is 0 Å². The summed E-state index contributed by atoms with van der Waals surface area (Å²) in [6.07, 6.45) is 1.03. The molecule has 2 rings (SSSR count). The Hall–Kier alpha value is -2.74. The van der Waals surface area contributed by atoms with Crippen LogP contribution in [-0.2, 0) is 14.6 Å². The first-order chi connectivity index (χ1) is 12.0. The van der Waals surface area contributed by atoms with Crippen molar-refractivity contribution in [2.75, 3.05) is 12.9 Å². The average Bonchev–Trinajstić information content (AvgIpc) is 2.86. The maximum atomic E-state index is 12.3. The molecule has 2 aromatic rings. The summed E-state index contributed by atoms with van der Waals surface area (Å²) >= 11 is 0. The van der Waals surface area contributed by atoms with Gasteiger partial charge in [-0.3, -0.25) is 9.59 Å². The highest BCUT2D eigenvalue weighted by Gasteiger charge is 2.21. The molecule has 0 unspecified atom stereocenters. The molecule has 0 aliphatic carbocycles. The highest BCUT2D eigenvalue weighted by molar-refractivity contribution is 7.90. The number of carbonyl (C=O) groups is 3. The van der Waals surface area contributed by atoms with Crippen LogP contribution in [0, 0.1) is 13.8 Å². The van der Waals surface area contributed by atoms with Gasteiger partial charge in [0.15, 0.2) is 22.2 Å². The summed E-state index contributed by atoms with van der Waals surface area (Å²) in [7, 11) is -3.46. The highest BCUT2D eigenvalue weighted by atomic mass is 32.2. The lowest BCUT2D eigenvalue weighted by molar-refractivity contribution is 0.0473. The smallest absolute Gasteiger partial charge is 0.338 e. The molecule has 1 N–H and O–H groups in total. The van der Waals surface area contributed by atoms with E-state index in [2.05, 4.69) is 4.98 Å². The second-order valence-corrected chi connectivity index (χ2v) is 8.00. The quantitative estimate of drug-likeness (QED) is 0.611. The number of H-pyrrole nitrogens is 1. The zero-order valence-corrected chi connectivity index (χ0v) is 15.7. The summed E-state index contributed by atoms with van der Waals surface area (Å²) in [6.45, 7) is 4.21. The summed E-state index contributed by atoms with van der Waals surface area (Å²) in [6, 6.07) is 5.39. The van der Waals surface area contributed by atoms with Crippen LogP contribution in [0.1, 0.15) is 49.4 Å². The molecule has 0 aliphatic heterocycles. The Kier molecular flexibility index (Phi) is 5.46. The Bertz CT molecular complexity index is 1000. The maximum Gasteiger partial charge on any atom is 0.338 e. The molecule has 0 atom stereocenters. The van der Waals surface area contributed by atoms with Gasteiger partial charge < -0.3 is 9.72 Å². The van der Waals surface area contributed by atoms with E-state index in [9.17, 15) is 22.8 Å². The molecular formula is C18H19NO6S. The molecule has 0 amide bonds. The number of ketones is 2. The molecule has 1 aromatic carbocycles.